The molecule has 0 aromatic rings. The highest BCUT2D eigenvalue weighted by Gasteiger charge is 2.24. The van der Waals surface area contributed by atoms with Crippen LogP contribution in [-0.2, 0) is 14.3 Å². The molecule has 0 aromatic carbocycles. The Morgan fingerprint density at radius 3 is 1.22 bits per heavy atom. The molecule has 3 unspecified atom stereocenters. The Labute approximate surface area is 361 Å². The van der Waals surface area contributed by atoms with Gasteiger partial charge in [0, 0.05) is 6.42 Å². The first-order valence-electron chi connectivity index (χ1n) is 25.9. The van der Waals surface area contributed by atoms with Crippen LogP contribution in [0.5, 0.6) is 0 Å². The van der Waals surface area contributed by atoms with Gasteiger partial charge in [-0.25, -0.2) is 0 Å². The molecule has 0 bridgehead atoms. The van der Waals surface area contributed by atoms with Gasteiger partial charge in [0.2, 0.25) is 5.91 Å². The molecule has 0 aliphatic rings. The zero-order valence-electron chi connectivity index (χ0n) is 39.2. The molecule has 6 heteroatoms. The Morgan fingerprint density at radius 1 is 0.483 bits per heavy atom. The number of ether oxygens (including phenoxy) is 1. The Balaban J connectivity index is 4.41. The lowest BCUT2D eigenvalue weighted by molar-refractivity contribution is -0.151. The van der Waals surface area contributed by atoms with Crippen LogP contribution in [0.25, 0.3) is 0 Å². The van der Waals surface area contributed by atoms with Gasteiger partial charge in [-0.2, -0.15) is 0 Å². The topological polar surface area (TPSA) is 95.9 Å². The summed E-state index contributed by atoms with van der Waals surface area (Å²) in [6.45, 7) is 6.48. The minimum atomic E-state index is -0.780. The van der Waals surface area contributed by atoms with Crippen molar-refractivity contribution in [2.75, 3.05) is 6.61 Å². The van der Waals surface area contributed by atoms with Crippen molar-refractivity contribution in [3.63, 3.8) is 0 Å². The first kappa shape index (κ1) is 56.6. The fourth-order valence-electron chi connectivity index (χ4n) is 8.13. The van der Waals surface area contributed by atoms with E-state index in [0.29, 0.717) is 19.3 Å². The van der Waals surface area contributed by atoms with Crippen LogP contribution in [0.15, 0.2) is 12.2 Å². The molecular formula is C52H101NO5. The molecule has 0 heterocycles. The minimum absolute atomic E-state index is 0.0835. The van der Waals surface area contributed by atoms with Crippen molar-refractivity contribution in [3.8, 4) is 0 Å². The smallest absolute Gasteiger partial charge is 0.306 e. The number of hydrogen-bond acceptors (Lipinski definition) is 5. The Kier molecular flexibility index (Phi) is 45.5. The van der Waals surface area contributed by atoms with Crippen LogP contribution in [0, 0.1) is 0 Å². The fraction of sp³-hybridized carbons (Fsp3) is 0.923. The normalized spacial score (nSPS) is 13.3. The van der Waals surface area contributed by atoms with Gasteiger partial charge in [-0.05, 0) is 51.4 Å². The van der Waals surface area contributed by atoms with Gasteiger partial charge in [-0.3, -0.25) is 9.59 Å². The zero-order valence-corrected chi connectivity index (χ0v) is 39.2. The highest BCUT2D eigenvalue weighted by atomic mass is 16.5. The van der Waals surface area contributed by atoms with Gasteiger partial charge in [0.15, 0.2) is 0 Å². The Hall–Kier alpha value is -1.40. The summed E-state index contributed by atoms with van der Waals surface area (Å²) in [5.74, 6) is -0.461. The molecule has 0 radical (unpaired) electrons. The van der Waals surface area contributed by atoms with Crippen LogP contribution in [-0.4, -0.2) is 46.9 Å². The van der Waals surface area contributed by atoms with Gasteiger partial charge in [-0.1, -0.05) is 232 Å². The summed E-state index contributed by atoms with van der Waals surface area (Å²) in [5.41, 5.74) is 0. The van der Waals surface area contributed by atoms with Crippen molar-refractivity contribution in [1.29, 1.82) is 0 Å². The third-order valence-electron chi connectivity index (χ3n) is 12.1. The number of aliphatic hydroxyl groups excluding tert-OH is 2. The molecule has 0 aromatic heterocycles. The maximum atomic E-state index is 13.1. The van der Waals surface area contributed by atoms with E-state index in [2.05, 4.69) is 38.2 Å². The van der Waals surface area contributed by atoms with E-state index < -0.39 is 18.2 Å². The minimum Gasteiger partial charge on any atom is -0.462 e. The van der Waals surface area contributed by atoms with Crippen molar-refractivity contribution in [2.24, 2.45) is 0 Å². The second-order valence-electron chi connectivity index (χ2n) is 17.9. The lowest BCUT2D eigenvalue weighted by atomic mass is 10.0. The van der Waals surface area contributed by atoms with Crippen LogP contribution < -0.4 is 5.32 Å². The van der Waals surface area contributed by atoms with Crippen molar-refractivity contribution in [3.05, 3.63) is 12.2 Å². The van der Waals surface area contributed by atoms with E-state index in [1.807, 2.05) is 0 Å². The van der Waals surface area contributed by atoms with Crippen LogP contribution in [0.1, 0.15) is 284 Å². The standard InChI is InChI=1S/C52H101NO5/c1-4-7-10-13-16-19-22-23-24-25-26-27-28-29-30-33-36-39-42-45-52(57)58-48(43-40-37-34-31-20-17-14-11-8-5-2)46-51(56)53-49(47-54)50(55)44-41-38-35-32-21-18-15-12-9-6-3/h23-24,48-50,54-55H,4-22,25-47H2,1-3H3,(H,53,56)/b24-23+. The highest BCUT2D eigenvalue weighted by molar-refractivity contribution is 5.77. The third kappa shape index (κ3) is 41.3. The first-order chi connectivity index (χ1) is 28.5. The van der Waals surface area contributed by atoms with Crippen LogP contribution >= 0.6 is 0 Å². The summed E-state index contributed by atoms with van der Waals surface area (Å²) in [6.07, 6.45) is 51.3. The molecular weight excluding hydrogens is 719 g/mol. The molecule has 0 aliphatic heterocycles. The van der Waals surface area contributed by atoms with Crippen molar-refractivity contribution >= 4 is 11.9 Å². The molecule has 0 spiro atoms. The predicted octanol–water partition coefficient (Wildman–Crippen LogP) is 15.3. The van der Waals surface area contributed by atoms with Gasteiger partial charge in [0.25, 0.3) is 0 Å². The van der Waals surface area contributed by atoms with E-state index in [4.69, 9.17) is 4.74 Å². The molecule has 344 valence electrons. The number of rotatable bonds is 47. The lowest BCUT2D eigenvalue weighted by Gasteiger charge is -2.24. The van der Waals surface area contributed by atoms with Gasteiger partial charge < -0.3 is 20.3 Å². The maximum absolute atomic E-state index is 13.1. The predicted molar refractivity (Wildman–Crippen MR) is 250 cm³/mol. The van der Waals surface area contributed by atoms with E-state index in [1.54, 1.807) is 0 Å². The zero-order chi connectivity index (χ0) is 42.4. The highest BCUT2D eigenvalue weighted by Crippen LogP contribution is 2.18. The molecule has 3 atom stereocenters. The van der Waals surface area contributed by atoms with Crippen molar-refractivity contribution in [2.45, 2.75) is 302 Å². The lowest BCUT2D eigenvalue weighted by Crippen LogP contribution is -2.46. The third-order valence-corrected chi connectivity index (χ3v) is 12.1. The fourth-order valence-corrected chi connectivity index (χ4v) is 8.13. The summed E-state index contributed by atoms with van der Waals surface area (Å²) in [4.78, 5) is 26.1. The van der Waals surface area contributed by atoms with E-state index in [0.717, 1.165) is 44.9 Å². The number of amides is 1. The number of carbonyl (C=O) groups is 2. The molecule has 0 saturated heterocycles. The molecule has 0 fully saturated rings. The number of allylic oxidation sites excluding steroid dienone is 2. The van der Waals surface area contributed by atoms with Crippen molar-refractivity contribution in [1.82, 2.24) is 5.32 Å². The molecule has 0 rings (SSSR count). The number of hydrogen-bond donors (Lipinski definition) is 3. The molecule has 58 heavy (non-hydrogen) atoms. The number of nitrogens with one attached hydrogen (secondary N) is 1. The number of unbranched alkanes of at least 4 members (excludes halogenated alkanes) is 33. The summed E-state index contributed by atoms with van der Waals surface area (Å²) >= 11 is 0. The molecule has 0 aliphatic carbocycles. The molecule has 3 N–H and O–H groups in total. The van der Waals surface area contributed by atoms with Crippen LogP contribution in [0.3, 0.4) is 0 Å². The Bertz CT molecular complexity index is 878. The van der Waals surface area contributed by atoms with Gasteiger partial charge in [0.05, 0.1) is 25.2 Å². The number of carbonyl (C=O) groups excluding carboxylic acids is 2. The second kappa shape index (κ2) is 46.7. The average molecular weight is 820 g/mol. The summed E-state index contributed by atoms with van der Waals surface area (Å²) in [5, 5.41) is 23.7. The van der Waals surface area contributed by atoms with E-state index in [-0.39, 0.29) is 24.9 Å². The molecule has 0 saturated carbocycles. The molecule has 6 nitrogen and oxygen atoms in total. The van der Waals surface area contributed by atoms with Crippen LogP contribution in [0.2, 0.25) is 0 Å². The number of aliphatic hydroxyl groups is 2. The second-order valence-corrected chi connectivity index (χ2v) is 17.9. The molecule has 1 amide bonds. The quantitative estimate of drug-likeness (QED) is 0.0323. The monoisotopic (exact) mass is 820 g/mol. The largest absolute Gasteiger partial charge is 0.462 e. The van der Waals surface area contributed by atoms with E-state index >= 15 is 0 Å². The van der Waals surface area contributed by atoms with Crippen LogP contribution in [0.4, 0.5) is 0 Å². The van der Waals surface area contributed by atoms with Crippen molar-refractivity contribution < 1.29 is 24.5 Å². The SMILES string of the molecule is CCCCCCCC/C=C/CCCCCCCCCCCC(=O)OC(CCCCCCCCCCCC)CC(=O)NC(CO)C(O)CCCCCCCCCCCC. The maximum Gasteiger partial charge on any atom is 0.306 e. The summed E-state index contributed by atoms with van der Waals surface area (Å²) < 4.78 is 5.93. The van der Waals surface area contributed by atoms with Gasteiger partial charge in [-0.15, -0.1) is 0 Å². The van der Waals surface area contributed by atoms with Gasteiger partial charge >= 0.3 is 5.97 Å². The average Bonchev–Trinajstić information content (AvgIpc) is 3.22. The first-order valence-corrected chi connectivity index (χ1v) is 25.9. The summed E-state index contributed by atoms with van der Waals surface area (Å²) in [6, 6.07) is -0.693. The van der Waals surface area contributed by atoms with E-state index in [1.165, 1.54) is 193 Å². The number of esters is 1. The Morgan fingerprint density at radius 2 is 0.828 bits per heavy atom. The van der Waals surface area contributed by atoms with E-state index in [9.17, 15) is 19.8 Å². The summed E-state index contributed by atoms with van der Waals surface area (Å²) in [7, 11) is 0. The van der Waals surface area contributed by atoms with Gasteiger partial charge in [0.1, 0.15) is 6.10 Å².